The van der Waals surface area contributed by atoms with Gasteiger partial charge in [0.2, 0.25) is 5.95 Å². The molecule has 3 rings (SSSR count). The minimum atomic E-state index is 0.702. The summed E-state index contributed by atoms with van der Waals surface area (Å²) in [6.45, 7) is 4.13. The van der Waals surface area contributed by atoms with Crippen LogP contribution in [0.5, 0.6) is 0 Å². The highest BCUT2D eigenvalue weighted by molar-refractivity contribution is 5.49. The Morgan fingerprint density at radius 2 is 1.72 bits per heavy atom. The fraction of sp³-hybridized carbons (Fsp3) is 0.692. The quantitative estimate of drug-likeness (QED) is 0.791. The van der Waals surface area contributed by atoms with Crippen LogP contribution in [0.3, 0.4) is 0 Å². The first-order valence-electron chi connectivity index (χ1n) is 6.83. The zero-order chi connectivity index (χ0) is 12.5. The Morgan fingerprint density at radius 1 is 1.00 bits per heavy atom. The van der Waals surface area contributed by atoms with Crippen LogP contribution in [0.2, 0.25) is 0 Å². The maximum Gasteiger partial charge on any atom is 0.227 e. The van der Waals surface area contributed by atoms with Gasteiger partial charge in [-0.2, -0.15) is 4.98 Å². The van der Waals surface area contributed by atoms with Crippen LogP contribution in [0.1, 0.15) is 24.1 Å². The molecule has 2 heterocycles. The van der Waals surface area contributed by atoms with Gasteiger partial charge in [0.05, 0.1) is 5.69 Å². The van der Waals surface area contributed by atoms with E-state index >= 15 is 0 Å². The van der Waals surface area contributed by atoms with Crippen molar-refractivity contribution >= 4 is 11.8 Å². The van der Waals surface area contributed by atoms with Crippen molar-refractivity contribution in [3.8, 4) is 0 Å². The predicted octanol–water partition coefficient (Wildman–Crippen LogP) is 0.689. The molecule has 0 aromatic carbocycles. The first-order chi connectivity index (χ1) is 8.74. The Balaban J connectivity index is 1.86. The van der Waals surface area contributed by atoms with Crippen molar-refractivity contribution in [2.24, 2.45) is 0 Å². The van der Waals surface area contributed by atoms with Gasteiger partial charge >= 0.3 is 0 Å². The second kappa shape index (κ2) is 4.72. The van der Waals surface area contributed by atoms with Gasteiger partial charge in [0.1, 0.15) is 5.82 Å². The van der Waals surface area contributed by atoms with Crippen molar-refractivity contribution in [1.29, 1.82) is 0 Å². The zero-order valence-corrected chi connectivity index (χ0v) is 11.0. The lowest BCUT2D eigenvalue weighted by molar-refractivity contribution is 0.311. The Labute approximate surface area is 108 Å². The van der Waals surface area contributed by atoms with Gasteiger partial charge in [-0.25, -0.2) is 4.98 Å². The number of nitrogen functional groups attached to an aromatic ring is 1. The molecule has 0 unspecified atom stereocenters. The largest absolute Gasteiger partial charge is 0.383 e. The summed E-state index contributed by atoms with van der Waals surface area (Å²) in [5, 5.41) is 0. The molecule has 1 aromatic heterocycles. The fourth-order valence-corrected chi connectivity index (χ4v) is 2.76. The van der Waals surface area contributed by atoms with Crippen LogP contribution in [0.15, 0.2) is 0 Å². The molecule has 0 amide bonds. The minimum absolute atomic E-state index is 0.702. The number of likely N-dealkylation sites (N-methyl/N-ethyl adjacent to an activating group) is 1. The van der Waals surface area contributed by atoms with E-state index in [4.69, 9.17) is 10.7 Å². The van der Waals surface area contributed by atoms with Crippen molar-refractivity contribution in [1.82, 2.24) is 14.9 Å². The van der Waals surface area contributed by atoms with Gasteiger partial charge in [0.15, 0.2) is 0 Å². The zero-order valence-electron chi connectivity index (χ0n) is 11.0. The van der Waals surface area contributed by atoms with E-state index in [1.807, 2.05) is 0 Å². The Morgan fingerprint density at radius 3 is 2.50 bits per heavy atom. The van der Waals surface area contributed by atoms with Crippen molar-refractivity contribution in [2.75, 3.05) is 43.9 Å². The predicted molar refractivity (Wildman–Crippen MR) is 72.8 cm³/mol. The number of hydrogen-bond acceptors (Lipinski definition) is 5. The SMILES string of the molecule is CN1CCN(c2nc(N)c3c(n2)CCCC3)CC1. The van der Waals surface area contributed by atoms with Crippen LogP contribution in [0.25, 0.3) is 0 Å². The molecule has 1 aromatic rings. The highest BCUT2D eigenvalue weighted by Gasteiger charge is 2.21. The summed E-state index contributed by atoms with van der Waals surface area (Å²) >= 11 is 0. The first kappa shape index (κ1) is 11.7. The third-order valence-electron chi connectivity index (χ3n) is 3.99. The lowest BCUT2D eigenvalue weighted by atomic mass is 9.96. The van der Waals surface area contributed by atoms with Crippen molar-refractivity contribution in [3.05, 3.63) is 11.3 Å². The van der Waals surface area contributed by atoms with Crippen LogP contribution in [-0.4, -0.2) is 48.1 Å². The molecule has 2 N–H and O–H groups in total. The number of rotatable bonds is 1. The smallest absolute Gasteiger partial charge is 0.227 e. The number of fused-ring (bicyclic) bond motifs is 1. The molecule has 0 bridgehead atoms. The second-order valence-electron chi connectivity index (χ2n) is 5.33. The molecule has 1 aliphatic heterocycles. The van der Waals surface area contributed by atoms with Crippen LogP contribution in [-0.2, 0) is 12.8 Å². The van der Waals surface area contributed by atoms with E-state index in [0.29, 0.717) is 5.82 Å². The molecule has 1 fully saturated rings. The van der Waals surface area contributed by atoms with Crippen LogP contribution >= 0.6 is 0 Å². The molecule has 5 nitrogen and oxygen atoms in total. The van der Waals surface area contributed by atoms with E-state index in [0.717, 1.165) is 45.0 Å². The van der Waals surface area contributed by atoms with E-state index in [2.05, 4.69) is 21.8 Å². The lowest BCUT2D eigenvalue weighted by Crippen LogP contribution is -2.45. The summed E-state index contributed by atoms with van der Waals surface area (Å²) in [7, 11) is 2.15. The molecular formula is C13H21N5. The maximum absolute atomic E-state index is 6.09. The molecule has 1 saturated heterocycles. The molecule has 0 atom stereocenters. The highest BCUT2D eigenvalue weighted by Crippen LogP contribution is 2.26. The maximum atomic E-state index is 6.09. The standard InChI is InChI=1S/C13H21N5/c1-17-6-8-18(9-7-17)13-15-11-5-3-2-4-10(11)12(14)16-13/h2-9H2,1H3,(H2,14,15,16). The van der Waals surface area contributed by atoms with Crippen molar-refractivity contribution in [2.45, 2.75) is 25.7 Å². The van der Waals surface area contributed by atoms with E-state index in [-0.39, 0.29) is 0 Å². The normalized spacial score (nSPS) is 20.8. The van der Waals surface area contributed by atoms with E-state index in [1.54, 1.807) is 0 Å². The summed E-state index contributed by atoms with van der Waals surface area (Å²) in [6.07, 6.45) is 4.55. The monoisotopic (exact) mass is 247 g/mol. The summed E-state index contributed by atoms with van der Waals surface area (Å²) in [6, 6.07) is 0. The fourth-order valence-electron chi connectivity index (χ4n) is 2.76. The average molecular weight is 247 g/mol. The summed E-state index contributed by atoms with van der Waals surface area (Å²) in [4.78, 5) is 13.8. The molecule has 2 aliphatic rings. The third kappa shape index (κ3) is 2.14. The molecule has 18 heavy (non-hydrogen) atoms. The number of nitrogens with zero attached hydrogens (tertiary/aromatic N) is 4. The number of aryl methyl sites for hydroxylation is 1. The summed E-state index contributed by atoms with van der Waals surface area (Å²) < 4.78 is 0. The van der Waals surface area contributed by atoms with E-state index in [9.17, 15) is 0 Å². The molecule has 98 valence electrons. The minimum Gasteiger partial charge on any atom is -0.383 e. The summed E-state index contributed by atoms with van der Waals surface area (Å²) in [5.41, 5.74) is 8.46. The second-order valence-corrected chi connectivity index (χ2v) is 5.33. The van der Waals surface area contributed by atoms with Gasteiger partial charge < -0.3 is 15.5 Å². The number of anilines is 2. The van der Waals surface area contributed by atoms with Crippen LogP contribution in [0, 0.1) is 0 Å². The molecular weight excluding hydrogens is 226 g/mol. The summed E-state index contributed by atoms with van der Waals surface area (Å²) in [5.74, 6) is 1.54. The van der Waals surface area contributed by atoms with Crippen molar-refractivity contribution in [3.63, 3.8) is 0 Å². The Kier molecular flexibility index (Phi) is 3.07. The average Bonchev–Trinajstić information content (AvgIpc) is 2.39. The van der Waals surface area contributed by atoms with E-state index < -0.39 is 0 Å². The van der Waals surface area contributed by atoms with Gasteiger partial charge in [-0.05, 0) is 32.7 Å². The topological polar surface area (TPSA) is 58.3 Å². The highest BCUT2D eigenvalue weighted by atomic mass is 15.3. The van der Waals surface area contributed by atoms with Gasteiger partial charge in [0.25, 0.3) is 0 Å². The third-order valence-corrected chi connectivity index (χ3v) is 3.99. The van der Waals surface area contributed by atoms with Gasteiger partial charge in [0, 0.05) is 31.7 Å². The number of piperazine rings is 1. The van der Waals surface area contributed by atoms with Crippen molar-refractivity contribution < 1.29 is 0 Å². The Bertz CT molecular complexity index is 437. The molecule has 0 saturated carbocycles. The Hall–Kier alpha value is -1.36. The molecule has 0 spiro atoms. The number of nitrogens with two attached hydrogens (primary N) is 1. The molecule has 1 aliphatic carbocycles. The van der Waals surface area contributed by atoms with Gasteiger partial charge in [-0.15, -0.1) is 0 Å². The van der Waals surface area contributed by atoms with Crippen LogP contribution in [0.4, 0.5) is 11.8 Å². The number of hydrogen-bond donors (Lipinski definition) is 1. The first-order valence-corrected chi connectivity index (χ1v) is 6.83. The van der Waals surface area contributed by atoms with Gasteiger partial charge in [-0.3, -0.25) is 0 Å². The molecule has 5 heteroatoms. The molecule has 0 radical (unpaired) electrons. The number of aromatic nitrogens is 2. The van der Waals surface area contributed by atoms with Crippen LogP contribution < -0.4 is 10.6 Å². The lowest BCUT2D eigenvalue weighted by Gasteiger charge is -2.33. The van der Waals surface area contributed by atoms with E-state index in [1.165, 1.54) is 24.1 Å². The van der Waals surface area contributed by atoms with Gasteiger partial charge in [-0.1, -0.05) is 0 Å².